The van der Waals surface area contributed by atoms with Crippen molar-refractivity contribution in [2.45, 2.75) is 79.1 Å². The van der Waals surface area contributed by atoms with E-state index in [4.69, 9.17) is 18.9 Å². The van der Waals surface area contributed by atoms with E-state index in [9.17, 15) is 4.79 Å². The number of ether oxygens (including phenoxy) is 4. The maximum absolute atomic E-state index is 13.6. The molecular formula is C53H56BrNO5S. The van der Waals surface area contributed by atoms with Gasteiger partial charge in [-0.3, -0.25) is 4.79 Å². The summed E-state index contributed by atoms with van der Waals surface area (Å²) >= 11 is 5.18. The van der Waals surface area contributed by atoms with Crippen molar-refractivity contribution in [3.8, 4) is 55.0 Å². The van der Waals surface area contributed by atoms with Crippen LogP contribution in [0.25, 0.3) is 32.0 Å². The molecule has 6 nitrogen and oxygen atoms in total. The predicted molar refractivity (Wildman–Crippen MR) is 255 cm³/mol. The first kappa shape index (κ1) is 42.6. The average molecular weight is 899 g/mol. The Kier molecular flexibility index (Phi) is 13.8. The largest absolute Gasteiger partial charge is 0.493 e. The molecule has 2 heterocycles. The van der Waals surface area contributed by atoms with Crippen molar-refractivity contribution in [2.24, 2.45) is 11.8 Å². The van der Waals surface area contributed by atoms with Crippen LogP contribution in [-0.2, 0) is 0 Å². The van der Waals surface area contributed by atoms with Crippen molar-refractivity contribution in [3.05, 3.63) is 125 Å². The molecule has 1 aliphatic heterocycles. The molecule has 8 rings (SSSR count). The van der Waals surface area contributed by atoms with Crippen LogP contribution in [0.5, 0.6) is 23.0 Å². The monoisotopic (exact) mass is 897 g/mol. The van der Waals surface area contributed by atoms with E-state index < -0.39 is 0 Å². The molecule has 0 N–H and O–H groups in total. The fourth-order valence-electron chi connectivity index (χ4n) is 8.34. The Labute approximate surface area is 374 Å². The smallest absolute Gasteiger partial charge is 0.194 e. The molecule has 0 radical (unpaired) electrons. The van der Waals surface area contributed by atoms with Gasteiger partial charge in [0.2, 0.25) is 0 Å². The van der Waals surface area contributed by atoms with Crippen LogP contribution in [0.2, 0.25) is 0 Å². The van der Waals surface area contributed by atoms with E-state index in [0.717, 1.165) is 108 Å². The molecule has 6 aromatic rings. The molecule has 61 heavy (non-hydrogen) atoms. The highest BCUT2D eigenvalue weighted by atomic mass is 79.9. The maximum atomic E-state index is 13.6. The second-order valence-electron chi connectivity index (χ2n) is 16.2. The highest BCUT2D eigenvalue weighted by Crippen LogP contribution is 2.54. The number of thiophene rings is 1. The van der Waals surface area contributed by atoms with Gasteiger partial charge in [-0.05, 0) is 126 Å². The summed E-state index contributed by atoms with van der Waals surface area (Å²) in [6, 6.07) is 37.7. The number of carbonyl (C=O) groups excluding carboxylic acids is 1. The van der Waals surface area contributed by atoms with E-state index in [-0.39, 0.29) is 5.78 Å². The Balaban J connectivity index is 1.08. The van der Waals surface area contributed by atoms with Gasteiger partial charge in [0.25, 0.3) is 0 Å². The molecule has 0 fully saturated rings. The number of benzene rings is 5. The van der Waals surface area contributed by atoms with Crippen LogP contribution in [-0.4, -0.2) is 32.2 Å². The van der Waals surface area contributed by atoms with E-state index in [1.165, 1.54) is 38.5 Å². The Bertz CT molecular complexity index is 2360. The molecule has 2 atom stereocenters. The van der Waals surface area contributed by atoms with Crippen LogP contribution in [0.4, 0.5) is 17.1 Å². The van der Waals surface area contributed by atoms with Crippen molar-refractivity contribution < 1.29 is 23.7 Å². The lowest BCUT2D eigenvalue weighted by molar-refractivity contribution is 0.104. The van der Waals surface area contributed by atoms with Crippen LogP contribution in [0.15, 0.2) is 114 Å². The summed E-state index contributed by atoms with van der Waals surface area (Å²) in [6.45, 7) is 11.4. The van der Waals surface area contributed by atoms with Crippen molar-refractivity contribution in [3.63, 3.8) is 0 Å². The van der Waals surface area contributed by atoms with Crippen LogP contribution < -0.4 is 23.8 Å². The number of carbonyl (C=O) groups is 1. The second kappa shape index (κ2) is 19.8. The van der Waals surface area contributed by atoms with Gasteiger partial charge >= 0.3 is 0 Å². The first-order valence-electron chi connectivity index (χ1n) is 22.2. The quantitative estimate of drug-likeness (QED) is 0.0806. The highest BCUT2D eigenvalue weighted by Gasteiger charge is 2.30. The zero-order valence-corrected chi connectivity index (χ0v) is 38.2. The number of hydrogen-bond donors (Lipinski definition) is 0. The molecule has 2 aliphatic rings. The van der Waals surface area contributed by atoms with Crippen molar-refractivity contribution in [2.75, 3.05) is 31.3 Å². The second-order valence-corrected chi connectivity index (χ2v) is 18.2. The maximum Gasteiger partial charge on any atom is 0.194 e. The van der Waals surface area contributed by atoms with Gasteiger partial charge in [-0.15, -0.1) is 11.3 Å². The fourth-order valence-corrected chi connectivity index (χ4v) is 9.89. The molecule has 1 aromatic heterocycles. The van der Waals surface area contributed by atoms with Crippen molar-refractivity contribution in [1.29, 1.82) is 0 Å². The lowest BCUT2D eigenvalue weighted by Gasteiger charge is -2.26. The molecule has 0 amide bonds. The van der Waals surface area contributed by atoms with Gasteiger partial charge in [0, 0.05) is 32.7 Å². The molecule has 2 unspecified atom stereocenters. The minimum Gasteiger partial charge on any atom is -0.493 e. The van der Waals surface area contributed by atoms with Crippen molar-refractivity contribution >= 4 is 50.1 Å². The SMILES string of the molecule is CCCCC(CC)COc1ccc(N(c2ccc(OCC(CC)CCCC)cc2)c2ccc(-c3sc(-c4ccc5c(c4)C(=O)c4cc(Br)ccc4-5)c4c3OCCO4)cc2)cc1. The number of fused-ring (bicyclic) bond motifs is 4. The molecule has 0 bridgehead atoms. The Hall–Kier alpha value is -5.05. The summed E-state index contributed by atoms with van der Waals surface area (Å²) in [5.74, 6) is 4.43. The van der Waals surface area contributed by atoms with Gasteiger partial charge < -0.3 is 23.8 Å². The van der Waals surface area contributed by atoms with Gasteiger partial charge in [0.15, 0.2) is 17.3 Å². The van der Waals surface area contributed by atoms with Crippen LogP contribution in [0.3, 0.4) is 0 Å². The minimum absolute atomic E-state index is 0.0422. The third-order valence-corrected chi connectivity index (χ3v) is 13.8. The number of unbranched alkanes of at least 4 members (excludes halogenated alkanes) is 2. The first-order valence-corrected chi connectivity index (χ1v) is 23.8. The van der Waals surface area contributed by atoms with Crippen molar-refractivity contribution in [1.82, 2.24) is 0 Å². The Morgan fingerprint density at radius 1 is 0.590 bits per heavy atom. The lowest BCUT2D eigenvalue weighted by atomic mass is 10.0. The van der Waals surface area contributed by atoms with Gasteiger partial charge in [-0.2, -0.15) is 0 Å². The summed E-state index contributed by atoms with van der Waals surface area (Å²) in [4.78, 5) is 17.8. The van der Waals surface area contributed by atoms with E-state index in [1.807, 2.05) is 24.3 Å². The molecule has 0 spiro atoms. The van der Waals surface area contributed by atoms with E-state index in [1.54, 1.807) is 11.3 Å². The topological polar surface area (TPSA) is 57.2 Å². The zero-order valence-electron chi connectivity index (χ0n) is 35.8. The summed E-state index contributed by atoms with van der Waals surface area (Å²) < 4.78 is 26.2. The number of rotatable bonds is 19. The zero-order chi connectivity index (χ0) is 42.3. The predicted octanol–water partition coefficient (Wildman–Crippen LogP) is 15.5. The lowest BCUT2D eigenvalue weighted by Crippen LogP contribution is -2.14. The Morgan fingerprint density at radius 2 is 1.05 bits per heavy atom. The van der Waals surface area contributed by atoms with E-state index in [0.29, 0.717) is 30.6 Å². The van der Waals surface area contributed by atoms with Crippen LogP contribution in [0, 0.1) is 11.8 Å². The van der Waals surface area contributed by atoms with Gasteiger partial charge in [0.1, 0.15) is 24.7 Å². The summed E-state index contributed by atoms with van der Waals surface area (Å²) in [5.41, 5.74) is 8.43. The number of ketones is 1. The third-order valence-electron chi connectivity index (χ3n) is 12.1. The van der Waals surface area contributed by atoms with E-state index in [2.05, 4.69) is 133 Å². The summed E-state index contributed by atoms with van der Waals surface area (Å²) in [6.07, 6.45) is 9.52. The normalized spacial score (nSPS) is 13.7. The number of hydrogen-bond acceptors (Lipinski definition) is 7. The first-order chi connectivity index (χ1) is 29.9. The average Bonchev–Trinajstić information content (AvgIpc) is 3.82. The Morgan fingerprint density at radius 3 is 1.56 bits per heavy atom. The summed E-state index contributed by atoms with van der Waals surface area (Å²) in [7, 11) is 0. The highest BCUT2D eigenvalue weighted by molar-refractivity contribution is 9.10. The molecule has 0 saturated carbocycles. The number of nitrogens with zero attached hydrogens (tertiary/aromatic N) is 1. The van der Waals surface area contributed by atoms with Gasteiger partial charge in [0.05, 0.1) is 23.0 Å². The van der Waals surface area contributed by atoms with Gasteiger partial charge in [-0.25, -0.2) is 0 Å². The third kappa shape index (κ3) is 9.41. The number of halogens is 1. The van der Waals surface area contributed by atoms with Crippen LogP contribution in [0.1, 0.15) is 95.0 Å². The molecule has 1 aliphatic carbocycles. The fraction of sp³-hybridized carbons (Fsp3) is 0.340. The minimum atomic E-state index is 0.0422. The molecule has 316 valence electrons. The molecule has 8 heteroatoms. The van der Waals surface area contributed by atoms with E-state index >= 15 is 0 Å². The number of anilines is 3. The van der Waals surface area contributed by atoms with Gasteiger partial charge in [-0.1, -0.05) is 112 Å². The molecule has 0 saturated heterocycles. The summed E-state index contributed by atoms with van der Waals surface area (Å²) in [5, 5.41) is 0. The molecule has 5 aromatic carbocycles. The standard InChI is InChI=1S/C53H56BrNO5S/c1-5-9-11-35(7-3)33-59-43-23-19-41(20-24-43)55(42-21-25-44(26-22-42)60-34-36(8-4)12-10-6-2)40-17-13-37(14-18-40)52-50-51(58-30-29-57-50)53(61-52)38-15-27-45-46-28-16-39(54)32-48(46)49(56)47(45)31-38/h13-28,31-32,35-36H,5-12,29-30,33-34H2,1-4H3. The molecular weight excluding hydrogens is 843 g/mol. The van der Waals surface area contributed by atoms with Crippen LogP contribution >= 0.6 is 27.3 Å².